The molecule has 0 radical (unpaired) electrons. The van der Waals surface area contributed by atoms with Crippen LogP contribution in [0, 0.1) is 11.3 Å². The predicted molar refractivity (Wildman–Crippen MR) is 134 cm³/mol. The zero-order valence-corrected chi connectivity index (χ0v) is 21.4. The highest BCUT2D eigenvalue weighted by atomic mass is 35.5. The summed E-state index contributed by atoms with van der Waals surface area (Å²) in [4.78, 5) is 44.1. The molecule has 1 aliphatic carbocycles. The fraction of sp³-hybridized carbons (Fsp3) is 0.375. The average Bonchev–Trinajstić information content (AvgIpc) is 3.35. The van der Waals surface area contributed by atoms with Crippen LogP contribution >= 0.6 is 46.4 Å². The number of hydrogen-bond donors (Lipinski definition) is 1. The Hall–Kier alpha value is -2.19. The molecule has 35 heavy (non-hydrogen) atoms. The van der Waals surface area contributed by atoms with E-state index in [9.17, 15) is 14.4 Å². The van der Waals surface area contributed by atoms with Gasteiger partial charge < -0.3 is 15.0 Å². The number of anilines is 2. The van der Waals surface area contributed by atoms with Gasteiger partial charge in [0.25, 0.3) is 0 Å². The highest BCUT2D eigenvalue weighted by Crippen LogP contribution is 2.59. The third-order valence-electron chi connectivity index (χ3n) is 7.63. The summed E-state index contributed by atoms with van der Waals surface area (Å²) in [6.07, 6.45) is 2.63. The van der Waals surface area contributed by atoms with Crippen LogP contribution in [0.5, 0.6) is 5.75 Å². The minimum Gasteiger partial charge on any atom is -0.494 e. The van der Waals surface area contributed by atoms with Crippen LogP contribution in [0.4, 0.5) is 16.2 Å². The number of hydrogen-bond acceptors (Lipinski definition) is 4. The molecule has 7 nitrogen and oxygen atoms in total. The van der Waals surface area contributed by atoms with Gasteiger partial charge in [0.1, 0.15) is 0 Å². The number of methoxy groups -OCH3 is 1. The molecule has 11 heteroatoms. The van der Waals surface area contributed by atoms with Crippen molar-refractivity contribution in [1.29, 1.82) is 0 Å². The molecular formula is C24H19Cl4N3O4. The van der Waals surface area contributed by atoms with Gasteiger partial charge in [0.05, 0.1) is 45.4 Å². The van der Waals surface area contributed by atoms with Gasteiger partial charge in [-0.3, -0.25) is 9.59 Å². The van der Waals surface area contributed by atoms with Crippen molar-refractivity contribution in [3.63, 3.8) is 0 Å². The monoisotopic (exact) mass is 553 g/mol. The molecule has 4 aliphatic rings. The zero-order chi connectivity index (χ0) is 24.8. The lowest BCUT2D eigenvalue weighted by Gasteiger charge is -2.34. The Balaban J connectivity index is 1.54. The lowest BCUT2D eigenvalue weighted by Crippen LogP contribution is -2.47. The Kier molecular flexibility index (Phi) is 5.24. The van der Waals surface area contributed by atoms with Crippen molar-refractivity contribution in [2.75, 3.05) is 23.9 Å². The molecule has 1 saturated carbocycles. The first-order chi connectivity index (χ1) is 16.6. The fourth-order valence-electron chi connectivity index (χ4n) is 5.86. The fourth-order valence-corrected chi connectivity index (χ4v) is 7.05. The Labute approximate surface area is 221 Å². The lowest BCUT2D eigenvalue weighted by molar-refractivity contribution is -0.122. The molecule has 3 aliphatic heterocycles. The minimum atomic E-state index is -0.893. The maximum atomic E-state index is 14.0. The summed E-state index contributed by atoms with van der Waals surface area (Å²) in [5, 5.41) is 3.73. The molecule has 1 spiro atoms. The van der Waals surface area contributed by atoms with Gasteiger partial charge in [-0.1, -0.05) is 46.4 Å². The Bertz CT molecular complexity index is 1310. The summed E-state index contributed by atoms with van der Waals surface area (Å²) in [5.74, 6) is -2.32. The predicted octanol–water partition coefficient (Wildman–Crippen LogP) is 5.98. The second-order valence-corrected chi connectivity index (χ2v) is 11.3. The van der Waals surface area contributed by atoms with Crippen LogP contribution in [0.2, 0.25) is 20.1 Å². The third-order valence-corrected chi connectivity index (χ3v) is 8.71. The van der Waals surface area contributed by atoms with Gasteiger partial charge in [0.15, 0.2) is 5.75 Å². The Morgan fingerprint density at radius 3 is 2.29 bits per heavy atom. The van der Waals surface area contributed by atoms with Gasteiger partial charge in [-0.15, -0.1) is 0 Å². The lowest BCUT2D eigenvalue weighted by atomic mass is 9.80. The highest BCUT2D eigenvalue weighted by molar-refractivity contribution is 6.39. The number of nitrogens with zero attached hydrogens (tertiary/aromatic N) is 2. The standard InChI is InChI=1S/C24H19Cl4N3O4/c1-35-20-14(27)6-11(7-15(20)28)31-21(32)17-12-4-10(25)5-13(26)19(12)29-23(34)30-9-24(2-3-24)8-16(30)18(17)22(31)33/h4-7,16-18H,2-3,8-9H2,1H3,(H,29,34). The molecule has 3 fully saturated rings. The summed E-state index contributed by atoms with van der Waals surface area (Å²) in [6.45, 7) is 0.537. The summed E-state index contributed by atoms with van der Waals surface area (Å²) < 4.78 is 5.21. The highest BCUT2D eigenvalue weighted by Gasteiger charge is 2.62. The van der Waals surface area contributed by atoms with Crippen LogP contribution in [0.1, 0.15) is 30.7 Å². The SMILES string of the molecule is COc1c(Cl)cc(N2C(=O)C3c4cc(Cl)cc(Cl)c4NC(=O)N4CC5(CC5)CC4C3C2=O)cc1Cl. The van der Waals surface area contributed by atoms with Crippen molar-refractivity contribution >= 4 is 75.6 Å². The number of carbonyl (C=O) groups excluding carboxylic acids is 3. The van der Waals surface area contributed by atoms with E-state index in [2.05, 4.69) is 5.32 Å². The Morgan fingerprint density at radius 1 is 0.971 bits per heavy atom. The van der Waals surface area contributed by atoms with Crippen LogP contribution in [0.15, 0.2) is 24.3 Å². The molecule has 2 aromatic carbocycles. The molecule has 1 N–H and O–H groups in total. The van der Waals surface area contributed by atoms with Crippen molar-refractivity contribution in [3.8, 4) is 5.75 Å². The molecule has 2 aromatic rings. The van der Waals surface area contributed by atoms with Crippen molar-refractivity contribution in [2.45, 2.75) is 31.2 Å². The average molecular weight is 555 g/mol. The van der Waals surface area contributed by atoms with E-state index in [1.54, 1.807) is 11.0 Å². The van der Waals surface area contributed by atoms with Crippen molar-refractivity contribution in [1.82, 2.24) is 4.90 Å². The zero-order valence-electron chi connectivity index (χ0n) is 18.4. The van der Waals surface area contributed by atoms with Gasteiger partial charge >= 0.3 is 6.03 Å². The smallest absolute Gasteiger partial charge is 0.322 e. The number of urea groups is 1. The van der Waals surface area contributed by atoms with Gasteiger partial charge in [-0.05, 0) is 54.5 Å². The number of rotatable bonds is 2. The topological polar surface area (TPSA) is 79.0 Å². The van der Waals surface area contributed by atoms with Gasteiger partial charge in [0.2, 0.25) is 11.8 Å². The second-order valence-electron chi connectivity index (χ2n) is 9.64. The first-order valence-electron chi connectivity index (χ1n) is 11.1. The van der Waals surface area contributed by atoms with E-state index in [4.69, 9.17) is 51.1 Å². The minimum absolute atomic E-state index is 0.00595. The second kappa shape index (κ2) is 7.90. The molecule has 3 heterocycles. The van der Waals surface area contributed by atoms with E-state index >= 15 is 0 Å². The van der Waals surface area contributed by atoms with Crippen molar-refractivity contribution in [3.05, 3.63) is 49.9 Å². The summed E-state index contributed by atoms with van der Waals surface area (Å²) in [7, 11) is 1.43. The number of imide groups is 1. The molecule has 6 rings (SSSR count). The van der Waals surface area contributed by atoms with Crippen molar-refractivity contribution in [2.24, 2.45) is 11.3 Å². The van der Waals surface area contributed by atoms with Crippen LogP contribution in [0.3, 0.4) is 0 Å². The first kappa shape index (κ1) is 23.2. The number of ether oxygens (including phenoxy) is 1. The quantitative estimate of drug-likeness (QED) is 0.463. The van der Waals surface area contributed by atoms with E-state index in [-0.39, 0.29) is 38.0 Å². The van der Waals surface area contributed by atoms with E-state index in [0.29, 0.717) is 29.2 Å². The van der Waals surface area contributed by atoms with Crippen LogP contribution in [0.25, 0.3) is 0 Å². The Morgan fingerprint density at radius 2 is 1.66 bits per heavy atom. The van der Waals surface area contributed by atoms with Crippen LogP contribution in [-0.4, -0.2) is 42.4 Å². The summed E-state index contributed by atoms with van der Waals surface area (Å²) in [6, 6.07) is 5.28. The molecule has 3 unspecified atom stereocenters. The van der Waals surface area contributed by atoms with Crippen LogP contribution < -0.4 is 15.0 Å². The molecule has 4 amide bonds. The summed E-state index contributed by atoms with van der Waals surface area (Å²) >= 11 is 25.5. The molecular weight excluding hydrogens is 536 g/mol. The van der Waals surface area contributed by atoms with Gasteiger partial charge in [-0.2, -0.15) is 0 Å². The number of benzene rings is 2. The number of nitrogens with one attached hydrogen (secondary N) is 1. The summed E-state index contributed by atoms with van der Waals surface area (Å²) in [5.41, 5.74) is 0.944. The normalized spacial score (nSPS) is 26.2. The molecule has 0 bridgehead atoms. The molecule has 3 atom stereocenters. The number of halogens is 4. The van der Waals surface area contributed by atoms with Crippen LogP contribution in [-0.2, 0) is 9.59 Å². The van der Waals surface area contributed by atoms with E-state index < -0.39 is 29.7 Å². The maximum absolute atomic E-state index is 14.0. The van der Waals surface area contributed by atoms with E-state index in [1.165, 1.54) is 25.3 Å². The third kappa shape index (κ3) is 3.43. The van der Waals surface area contributed by atoms with E-state index in [0.717, 1.165) is 17.7 Å². The number of amides is 4. The first-order valence-corrected chi connectivity index (χ1v) is 12.6. The molecule has 2 saturated heterocycles. The van der Waals surface area contributed by atoms with Gasteiger partial charge in [0, 0.05) is 17.6 Å². The number of carbonyl (C=O) groups is 3. The van der Waals surface area contributed by atoms with E-state index in [1.807, 2.05) is 0 Å². The maximum Gasteiger partial charge on any atom is 0.322 e. The molecule has 0 aromatic heterocycles. The van der Waals surface area contributed by atoms with Crippen molar-refractivity contribution < 1.29 is 19.1 Å². The number of fused-ring (bicyclic) bond motifs is 5. The molecule has 182 valence electrons. The largest absolute Gasteiger partial charge is 0.494 e. The van der Waals surface area contributed by atoms with Gasteiger partial charge in [-0.25, -0.2) is 9.69 Å².